The van der Waals surface area contributed by atoms with Crippen molar-refractivity contribution in [3.63, 3.8) is 0 Å². The quantitative estimate of drug-likeness (QED) is 0.846. The number of aromatic nitrogens is 2. The largest absolute Gasteiger partial charge is 0.385 e. The van der Waals surface area contributed by atoms with Crippen molar-refractivity contribution in [2.45, 2.75) is 44.9 Å². The summed E-state index contributed by atoms with van der Waals surface area (Å²) in [5.41, 5.74) is 2.20. The highest BCUT2D eigenvalue weighted by Gasteiger charge is 2.32. The zero-order chi connectivity index (χ0) is 17.9. The molecule has 1 aliphatic heterocycles. The highest BCUT2D eigenvalue weighted by Crippen LogP contribution is 2.33. The number of aryl methyl sites for hydroxylation is 1. The standard InChI is InChI=1S/C20H26FN3O/c1-3-11-24-15-17(16(2)22-24)14-23-12-4-9-20(25,10-13-23)18-5-7-19(21)8-6-18/h3,5-8,15,25H,1,4,9-14H2,2H3/t20-/m1/s1. The van der Waals surface area contributed by atoms with Gasteiger partial charge >= 0.3 is 0 Å². The van der Waals surface area contributed by atoms with Crippen molar-refractivity contribution >= 4 is 0 Å². The summed E-state index contributed by atoms with van der Waals surface area (Å²) in [5, 5.41) is 15.6. The Bertz CT molecular complexity index is 725. The van der Waals surface area contributed by atoms with Gasteiger partial charge in [0.2, 0.25) is 0 Å². The minimum absolute atomic E-state index is 0.269. The van der Waals surface area contributed by atoms with Gasteiger partial charge in [0.05, 0.1) is 17.8 Å². The second kappa shape index (κ2) is 7.50. The molecule has 0 radical (unpaired) electrons. The normalized spacial score (nSPS) is 21.9. The molecule has 2 heterocycles. The Kier molecular flexibility index (Phi) is 5.35. The first kappa shape index (κ1) is 17.8. The molecule has 1 aliphatic rings. The lowest BCUT2D eigenvalue weighted by Gasteiger charge is -2.27. The van der Waals surface area contributed by atoms with Gasteiger partial charge in [-0.2, -0.15) is 5.10 Å². The first-order valence-corrected chi connectivity index (χ1v) is 8.85. The second-order valence-electron chi connectivity index (χ2n) is 6.92. The summed E-state index contributed by atoms with van der Waals surface area (Å²) in [7, 11) is 0. The van der Waals surface area contributed by atoms with E-state index in [1.54, 1.807) is 12.1 Å². The Balaban J connectivity index is 1.67. The van der Waals surface area contributed by atoms with Gasteiger partial charge in [0.25, 0.3) is 0 Å². The van der Waals surface area contributed by atoms with Crippen LogP contribution in [-0.2, 0) is 18.7 Å². The molecule has 2 aromatic rings. The number of halogens is 1. The number of aliphatic hydroxyl groups is 1. The van der Waals surface area contributed by atoms with Crippen LogP contribution in [0.2, 0.25) is 0 Å². The lowest BCUT2D eigenvalue weighted by atomic mass is 9.87. The zero-order valence-corrected chi connectivity index (χ0v) is 14.8. The highest BCUT2D eigenvalue weighted by atomic mass is 19.1. The van der Waals surface area contributed by atoms with Gasteiger partial charge in [-0.25, -0.2) is 4.39 Å². The molecule has 3 rings (SSSR count). The van der Waals surface area contributed by atoms with Gasteiger partial charge in [0.1, 0.15) is 5.82 Å². The molecule has 0 aliphatic carbocycles. The van der Waals surface area contributed by atoms with Crippen LogP contribution in [0, 0.1) is 12.7 Å². The number of nitrogens with zero attached hydrogens (tertiary/aromatic N) is 3. The number of allylic oxidation sites excluding steroid dienone is 1. The van der Waals surface area contributed by atoms with E-state index in [1.807, 2.05) is 17.7 Å². The number of rotatable bonds is 5. The molecule has 1 atom stereocenters. The zero-order valence-electron chi connectivity index (χ0n) is 14.8. The molecule has 1 N–H and O–H groups in total. The van der Waals surface area contributed by atoms with Crippen LogP contribution < -0.4 is 0 Å². The second-order valence-corrected chi connectivity index (χ2v) is 6.92. The summed E-state index contributed by atoms with van der Waals surface area (Å²) in [6.45, 7) is 9.07. The molecular formula is C20H26FN3O. The van der Waals surface area contributed by atoms with E-state index in [1.165, 1.54) is 17.7 Å². The molecule has 0 amide bonds. The summed E-state index contributed by atoms with van der Waals surface area (Å²) in [6.07, 6.45) is 6.18. The van der Waals surface area contributed by atoms with Gasteiger partial charge in [-0.15, -0.1) is 6.58 Å². The molecular weight excluding hydrogens is 317 g/mol. The van der Waals surface area contributed by atoms with E-state index in [9.17, 15) is 9.50 Å². The smallest absolute Gasteiger partial charge is 0.123 e. The summed E-state index contributed by atoms with van der Waals surface area (Å²) in [4.78, 5) is 2.36. The topological polar surface area (TPSA) is 41.3 Å². The molecule has 5 heteroatoms. The van der Waals surface area contributed by atoms with Gasteiger partial charge in [-0.1, -0.05) is 18.2 Å². The molecule has 134 valence electrons. The highest BCUT2D eigenvalue weighted by molar-refractivity contribution is 5.23. The lowest BCUT2D eigenvalue weighted by molar-refractivity contribution is 0.0209. The average Bonchev–Trinajstić information content (AvgIpc) is 2.80. The fourth-order valence-corrected chi connectivity index (χ4v) is 3.56. The first-order valence-electron chi connectivity index (χ1n) is 8.85. The molecule has 1 fully saturated rings. The molecule has 1 saturated heterocycles. The van der Waals surface area contributed by atoms with E-state index in [0.29, 0.717) is 19.4 Å². The fourth-order valence-electron chi connectivity index (χ4n) is 3.56. The van der Waals surface area contributed by atoms with Crippen LogP contribution >= 0.6 is 0 Å². The van der Waals surface area contributed by atoms with Crippen molar-refractivity contribution in [2.24, 2.45) is 0 Å². The molecule has 0 bridgehead atoms. The molecule has 1 aromatic heterocycles. The number of likely N-dealkylation sites (tertiary alicyclic amines) is 1. The van der Waals surface area contributed by atoms with Crippen molar-refractivity contribution < 1.29 is 9.50 Å². The van der Waals surface area contributed by atoms with E-state index in [4.69, 9.17) is 0 Å². The van der Waals surface area contributed by atoms with E-state index in [-0.39, 0.29) is 5.82 Å². The summed E-state index contributed by atoms with van der Waals surface area (Å²) in [5.74, 6) is -0.269. The predicted octanol–water partition coefficient (Wildman–Crippen LogP) is 3.39. The molecule has 4 nitrogen and oxygen atoms in total. The van der Waals surface area contributed by atoms with Crippen LogP contribution in [0.1, 0.15) is 36.1 Å². The minimum atomic E-state index is -0.871. The Labute approximate surface area is 148 Å². The first-order chi connectivity index (χ1) is 12.0. The fraction of sp³-hybridized carbons (Fsp3) is 0.450. The third-order valence-electron chi connectivity index (χ3n) is 5.05. The van der Waals surface area contributed by atoms with Crippen molar-refractivity contribution in [2.75, 3.05) is 13.1 Å². The maximum Gasteiger partial charge on any atom is 0.123 e. The number of hydrogen-bond donors (Lipinski definition) is 1. The van der Waals surface area contributed by atoms with Crippen molar-refractivity contribution in [3.05, 3.63) is 65.8 Å². The predicted molar refractivity (Wildman–Crippen MR) is 96.6 cm³/mol. The van der Waals surface area contributed by atoms with Crippen molar-refractivity contribution in [3.8, 4) is 0 Å². The molecule has 25 heavy (non-hydrogen) atoms. The third kappa shape index (κ3) is 4.17. The Hall–Kier alpha value is -1.98. The summed E-state index contributed by atoms with van der Waals surface area (Å²) < 4.78 is 15.1. The van der Waals surface area contributed by atoms with E-state index in [2.05, 4.69) is 22.8 Å². The van der Waals surface area contributed by atoms with Crippen molar-refractivity contribution in [1.29, 1.82) is 0 Å². The molecule has 1 aromatic carbocycles. The van der Waals surface area contributed by atoms with Gasteiger partial charge in [-0.3, -0.25) is 9.58 Å². The van der Waals surface area contributed by atoms with E-state index >= 15 is 0 Å². The molecule has 0 unspecified atom stereocenters. The summed E-state index contributed by atoms with van der Waals surface area (Å²) in [6, 6.07) is 6.25. The van der Waals surface area contributed by atoms with Crippen LogP contribution in [0.4, 0.5) is 4.39 Å². The maximum absolute atomic E-state index is 13.2. The van der Waals surface area contributed by atoms with Gasteiger partial charge < -0.3 is 5.11 Å². The Morgan fingerprint density at radius 1 is 1.28 bits per heavy atom. The van der Waals surface area contributed by atoms with Gasteiger partial charge in [-0.05, 0) is 50.4 Å². The number of benzene rings is 1. The minimum Gasteiger partial charge on any atom is -0.385 e. The van der Waals surface area contributed by atoms with Crippen molar-refractivity contribution in [1.82, 2.24) is 14.7 Å². The van der Waals surface area contributed by atoms with Gasteiger partial charge in [0.15, 0.2) is 0 Å². The monoisotopic (exact) mass is 343 g/mol. The lowest BCUT2D eigenvalue weighted by Crippen LogP contribution is -2.29. The number of hydrogen-bond acceptors (Lipinski definition) is 3. The average molecular weight is 343 g/mol. The van der Waals surface area contributed by atoms with E-state index in [0.717, 1.165) is 37.3 Å². The van der Waals surface area contributed by atoms with Gasteiger partial charge in [0, 0.05) is 24.8 Å². The third-order valence-corrected chi connectivity index (χ3v) is 5.05. The molecule has 0 spiro atoms. The van der Waals surface area contributed by atoms with Crippen LogP contribution in [0.15, 0.2) is 43.1 Å². The maximum atomic E-state index is 13.2. The molecule has 0 saturated carbocycles. The van der Waals surface area contributed by atoms with Crippen LogP contribution in [0.3, 0.4) is 0 Å². The summed E-state index contributed by atoms with van der Waals surface area (Å²) >= 11 is 0. The van der Waals surface area contributed by atoms with Crippen LogP contribution in [0.5, 0.6) is 0 Å². The Morgan fingerprint density at radius 2 is 2.04 bits per heavy atom. The van der Waals surface area contributed by atoms with E-state index < -0.39 is 5.60 Å². The van der Waals surface area contributed by atoms with Crippen LogP contribution in [0.25, 0.3) is 0 Å². The SMILES string of the molecule is C=CCn1cc(CN2CCC[C@](O)(c3ccc(F)cc3)CC2)c(C)n1. The Morgan fingerprint density at radius 3 is 2.76 bits per heavy atom. The van der Waals surface area contributed by atoms with Crippen LogP contribution in [-0.4, -0.2) is 32.9 Å².